The quantitative estimate of drug-likeness (QED) is 0.600. The van der Waals surface area contributed by atoms with Gasteiger partial charge in [-0.15, -0.1) is 0 Å². The average molecular weight is 315 g/mol. The highest BCUT2D eigenvalue weighted by Gasteiger charge is 2.20. The zero-order chi connectivity index (χ0) is 16.7. The highest BCUT2D eigenvalue weighted by molar-refractivity contribution is 5.96. The van der Waals surface area contributed by atoms with Crippen molar-refractivity contribution in [3.63, 3.8) is 0 Å². The molecule has 0 bridgehead atoms. The second-order valence-electron chi connectivity index (χ2n) is 4.73. The number of rotatable bonds is 6. The van der Waals surface area contributed by atoms with Gasteiger partial charge in [-0.05, 0) is 36.8 Å². The topological polar surface area (TPSA) is 47.9 Å². The van der Waals surface area contributed by atoms with E-state index < -0.39 is 17.7 Å². The van der Waals surface area contributed by atoms with Crippen LogP contribution in [0.15, 0.2) is 53.5 Å². The van der Waals surface area contributed by atoms with Crippen molar-refractivity contribution in [2.24, 2.45) is 4.99 Å². The first kappa shape index (κ1) is 16.7. The predicted molar refractivity (Wildman–Crippen MR) is 86.9 cm³/mol. The number of carbonyl (C=O) groups is 1. The van der Waals surface area contributed by atoms with Crippen molar-refractivity contribution in [3.05, 3.63) is 59.9 Å². The average Bonchev–Trinajstić information content (AvgIpc) is 2.57. The molecule has 0 aliphatic heterocycles. The third kappa shape index (κ3) is 4.39. The zero-order valence-electron chi connectivity index (χ0n) is 13.0. The smallest absolute Gasteiger partial charge is 0.318 e. The minimum absolute atomic E-state index is 0.176. The molecule has 0 radical (unpaired) electrons. The molecule has 5 heteroatoms. The summed E-state index contributed by atoms with van der Waals surface area (Å²) in [6.45, 7) is 2.00. The van der Waals surface area contributed by atoms with Gasteiger partial charge in [0.15, 0.2) is 0 Å². The molecule has 0 saturated carbocycles. The molecule has 0 amide bonds. The van der Waals surface area contributed by atoms with Gasteiger partial charge < -0.3 is 9.47 Å². The fourth-order valence-electron chi connectivity index (χ4n) is 2.04. The largest absolute Gasteiger partial charge is 0.497 e. The number of methoxy groups -OCH3 is 1. The third-order valence-corrected chi connectivity index (χ3v) is 3.23. The maximum Gasteiger partial charge on any atom is 0.318 e. The van der Waals surface area contributed by atoms with Crippen molar-refractivity contribution in [3.8, 4) is 5.75 Å². The van der Waals surface area contributed by atoms with E-state index in [0.29, 0.717) is 11.3 Å². The van der Waals surface area contributed by atoms with Crippen LogP contribution < -0.4 is 4.74 Å². The Morgan fingerprint density at radius 2 is 1.91 bits per heavy atom. The van der Waals surface area contributed by atoms with Gasteiger partial charge in [-0.25, -0.2) is 4.39 Å². The van der Waals surface area contributed by atoms with Crippen molar-refractivity contribution in [2.75, 3.05) is 13.7 Å². The maximum atomic E-state index is 13.6. The van der Waals surface area contributed by atoms with Gasteiger partial charge in [0, 0.05) is 6.21 Å². The number of ether oxygens (including phenoxy) is 2. The van der Waals surface area contributed by atoms with Crippen LogP contribution in [0.3, 0.4) is 0 Å². The van der Waals surface area contributed by atoms with Crippen molar-refractivity contribution in [1.29, 1.82) is 0 Å². The van der Waals surface area contributed by atoms with Crippen LogP contribution in [0.25, 0.3) is 0 Å². The molecule has 0 fully saturated rings. The number of hydrogen-bond donors (Lipinski definition) is 0. The van der Waals surface area contributed by atoms with E-state index in [2.05, 4.69) is 4.99 Å². The highest BCUT2D eigenvalue weighted by Crippen LogP contribution is 2.22. The van der Waals surface area contributed by atoms with Gasteiger partial charge in [-0.1, -0.05) is 24.3 Å². The second kappa shape index (κ2) is 8.08. The summed E-state index contributed by atoms with van der Waals surface area (Å²) >= 11 is 0. The number of esters is 1. The fraction of sp³-hybridized carbons (Fsp3) is 0.222. The summed E-state index contributed by atoms with van der Waals surface area (Å²) in [5.74, 6) is -0.901. The fourth-order valence-corrected chi connectivity index (χ4v) is 2.04. The number of aliphatic imine (C=N–C) groups is 1. The zero-order valence-corrected chi connectivity index (χ0v) is 13.0. The molecule has 2 aromatic carbocycles. The first-order valence-corrected chi connectivity index (χ1v) is 7.25. The third-order valence-electron chi connectivity index (χ3n) is 3.23. The van der Waals surface area contributed by atoms with Crippen LogP contribution in [0.2, 0.25) is 0 Å². The second-order valence-corrected chi connectivity index (χ2v) is 4.73. The molecule has 0 heterocycles. The van der Waals surface area contributed by atoms with Crippen LogP contribution >= 0.6 is 0 Å². The number of halogens is 1. The van der Waals surface area contributed by atoms with E-state index in [1.165, 1.54) is 12.3 Å². The Hall–Kier alpha value is -2.69. The Morgan fingerprint density at radius 1 is 1.22 bits per heavy atom. The Morgan fingerprint density at radius 3 is 2.52 bits per heavy atom. The maximum absolute atomic E-state index is 13.6. The van der Waals surface area contributed by atoms with Crippen molar-refractivity contribution < 1.29 is 18.7 Å². The van der Waals surface area contributed by atoms with E-state index in [-0.39, 0.29) is 12.3 Å². The number of hydrogen-bond acceptors (Lipinski definition) is 4. The number of carbonyl (C=O) groups excluding carboxylic acids is 1. The Bertz CT molecular complexity index is 683. The first-order valence-electron chi connectivity index (χ1n) is 7.25. The Kier molecular flexibility index (Phi) is 5.86. The molecule has 0 spiro atoms. The van der Waals surface area contributed by atoms with Gasteiger partial charge in [-0.3, -0.25) is 9.79 Å². The monoisotopic (exact) mass is 315 g/mol. The Labute approximate surface area is 134 Å². The summed E-state index contributed by atoms with van der Waals surface area (Å²) in [7, 11) is 1.57. The lowest BCUT2D eigenvalue weighted by atomic mass is 10.0. The first-order chi connectivity index (χ1) is 11.2. The van der Waals surface area contributed by atoms with Crippen molar-refractivity contribution >= 4 is 17.9 Å². The summed E-state index contributed by atoms with van der Waals surface area (Å²) in [5, 5.41) is 0. The SMILES string of the molecule is CCOC(=O)C(C=Nc1ccccc1F)c1ccc(OC)cc1. The lowest BCUT2D eigenvalue weighted by molar-refractivity contribution is -0.143. The van der Waals surface area contributed by atoms with Crippen LogP contribution in [0.5, 0.6) is 5.75 Å². The predicted octanol–water partition coefficient (Wildman–Crippen LogP) is 3.88. The summed E-state index contributed by atoms with van der Waals surface area (Å²) in [5.41, 5.74) is 0.875. The lowest BCUT2D eigenvalue weighted by Gasteiger charge is -2.12. The van der Waals surface area contributed by atoms with Gasteiger partial charge in [-0.2, -0.15) is 0 Å². The van der Waals surface area contributed by atoms with E-state index >= 15 is 0 Å². The van der Waals surface area contributed by atoms with Crippen LogP contribution in [0.1, 0.15) is 18.4 Å². The van der Waals surface area contributed by atoms with Crippen molar-refractivity contribution in [2.45, 2.75) is 12.8 Å². The van der Waals surface area contributed by atoms with Gasteiger partial charge in [0.05, 0.1) is 19.4 Å². The molecule has 4 nitrogen and oxygen atoms in total. The molecule has 2 rings (SSSR count). The molecule has 2 aromatic rings. The molecular formula is C18H18FNO3. The standard InChI is InChI=1S/C18H18FNO3/c1-3-23-18(21)15(13-8-10-14(22-2)11-9-13)12-20-17-7-5-4-6-16(17)19/h4-12,15H,3H2,1-2H3. The number of nitrogens with zero attached hydrogens (tertiary/aromatic N) is 1. The number of benzene rings is 2. The lowest BCUT2D eigenvalue weighted by Crippen LogP contribution is -2.17. The molecule has 0 aliphatic rings. The van der Waals surface area contributed by atoms with Crippen LogP contribution in [-0.4, -0.2) is 25.9 Å². The van der Waals surface area contributed by atoms with Crippen LogP contribution in [-0.2, 0) is 9.53 Å². The molecule has 1 unspecified atom stereocenters. The number of para-hydroxylation sites is 1. The highest BCUT2D eigenvalue weighted by atomic mass is 19.1. The molecular weight excluding hydrogens is 297 g/mol. The van der Waals surface area contributed by atoms with Gasteiger partial charge in [0.2, 0.25) is 0 Å². The molecule has 0 aromatic heterocycles. The molecule has 120 valence electrons. The Balaban J connectivity index is 2.30. The van der Waals surface area contributed by atoms with Crippen LogP contribution in [0.4, 0.5) is 10.1 Å². The molecule has 0 saturated heterocycles. The molecule has 0 N–H and O–H groups in total. The van der Waals surface area contributed by atoms with E-state index in [1.54, 1.807) is 56.5 Å². The van der Waals surface area contributed by atoms with E-state index in [4.69, 9.17) is 9.47 Å². The van der Waals surface area contributed by atoms with Gasteiger partial charge in [0.25, 0.3) is 0 Å². The molecule has 1 atom stereocenters. The van der Waals surface area contributed by atoms with Gasteiger partial charge >= 0.3 is 5.97 Å². The molecule has 0 aliphatic carbocycles. The van der Waals surface area contributed by atoms with E-state index in [0.717, 1.165) is 0 Å². The van der Waals surface area contributed by atoms with E-state index in [1.807, 2.05) is 0 Å². The van der Waals surface area contributed by atoms with E-state index in [9.17, 15) is 9.18 Å². The minimum Gasteiger partial charge on any atom is -0.497 e. The van der Waals surface area contributed by atoms with Crippen molar-refractivity contribution in [1.82, 2.24) is 0 Å². The summed E-state index contributed by atoms with van der Waals surface area (Å²) in [4.78, 5) is 16.3. The summed E-state index contributed by atoms with van der Waals surface area (Å²) < 4.78 is 23.8. The summed E-state index contributed by atoms with van der Waals surface area (Å²) in [6.07, 6.45) is 1.40. The van der Waals surface area contributed by atoms with Gasteiger partial charge in [0.1, 0.15) is 17.5 Å². The minimum atomic E-state index is -0.708. The molecule has 23 heavy (non-hydrogen) atoms. The normalized spacial score (nSPS) is 12.1. The van der Waals surface area contributed by atoms with Crippen LogP contribution in [0, 0.1) is 5.82 Å². The summed E-state index contributed by atoms with van der Waals surface area (Å²) in [6, 6.07) is 13.1.